The standard InChI is InChI=1S/C25H34FN3O4S/c1-5-23(25(31)27-6-2)28(18-20-11-8-7-10-19(20)3)24(30)12-9-17-29(34(4,32)33)22-15-13-21(26)14-16-22/h7-8,10-11,13-16,23H,5-6,9,12,17-18H2,1-4H3,(H,27,31)/t23-/m1/s1. The zero-order chi connectivity index (χ0) is 25.3. The second kappa shape index (κ2) is 12.5. The lowest BCUT2D eigenvalue weighted by atomic mass is 10.1. The molecule has 1 N–H and O–H groups in total. The molecule has 0 heterocycles. The van der Waals surface area contributed by atoms with Crippen LogP contribution in [0.2, 0.25) is 0 Å². The Morgan fingerprint density at radius 2 is 1.71 bits per heavy atom. The molecule has 0 aliphatic heterocycles. The first-order valence-corrected chi connectivity index (χ1v) is 13.3. The Kier molecular flexibility index (Phi) is 10.0. The van der Waals surface area contributed by atoms with Crippen molar-refractivity contribution >= 4 is 27.5 Å². The van der Waals surface area contributed by atoms with Crippen molar-refractivity contribution in [2.45, 2.75) is 52.6 Å². The highest BCUT2D eigenvalue weighted by Gasteiger charge is 2.28. The van der Waals surface area contributed by atoms with E-state index in [1.165, 1.54) is 24.3 Å². The third-order valence-electron chi connectivity index (χ3n) is 5.61. The fraction of sp³-hybridized carbons (Fsp3) is 0.440. The van der Waals surface area contributed by atoms with E-state index < -0.39 is 21.9 Å². The molecule has 0 radical (unpaired) electrons. The second-order valence-electron chi connectivity index (χ2n) is 8.18. The van der Waals surface area contributed by atoms with E-state index in [9.17, 15) is 22.4 Å². The van der Waals surface area contributed by atoms with E-state index in [0.29, 0.717) is 18.7 Å². The molecule has 0 bridgehead atoms. The molecule has 0 aliphatic carbocycles. The summed E-state index contributed by atoms with van der Waals surface area (Å²) in [5, 5.41) is 2.80. The summed E-state index contributed by atoms with van der Waals surface area (Å²) < 4.78 is 39.0. The van der Waals surface area contributed by atoms with Gasteiger partial charge in [0.2, 0.25) is 21.8 Å². The Morgan fingerprint density at radius 1 is 1.06 bits per heavy atom. The van der Waals surface area contributed by atoms with Crippen LogP contribution in [0, 0.1) is 12.7 Å². The Hall–Kier alpha value is -2.94. The molecule has 9 heteroatoms. The molecular weight excluding hydrogens is 457 g/mol. The fourth-order valence-corrected chi connectivity index (χ4v) is 4.76. The Labute approximate surface area is 202 Å². The molecule has 0 unspecified atom stereocenters. The maximum Gasteiger partial charge on any atom is 0.242 e. The third-order valence-corrected chi connectivity index (χ3v) is 6.80. The molecule has 0 aromatic heterocycles. The number of halogens is 1. The number of amides is 2. The molecule has 0 saturated carbocycles. The summed E-state index contributed by atoms with van der Waals surface area (Å²) in [7, 11) is -3.62. The van der Waals surface area contributed by atoms with Gasteiger partial charge in [-0.05, 0) is 62.1 Å². The molecule has 0 spiro atoms. The highest BCUT2D eigenvalue weighted by atomic mass is 32.2. The molecule has 0 saturated heterocycles. The van der Waals surface area contributed by atoms with Gasteiger partial charge in [0.25, 0.3) is 0 Å². The summed E-state index contributed by atoms with van der Waals surface area (Å²) in [6.07, 6.45) is 1.84. The SMILES string of the molecule is CCNC(=O)[C@@H](CC)N(Cc1ccccc1C)C(=O)CCCN(c1ccc(F)cc1)S(C)(=O)=O. The van der Waals surface area contributed by atoms with Crippen molar-refractivity contribution in [2.75, 3.05) is 23.7 Å². The zero-order valence-electron chi connectivity index (χ0n) is 20.3. The molecule has 34 heavy (non-hydrogen) atoms. The van der Waals surface area contributed by atoms with Crippen LogP contribution in [0.1, 0.15) is 44.2 Å². The van der Waals surface area contributed by atoms with Crippen LogP contribution in [0.3, 0.4) is 0 Å². The molecule has 0 aliphatic rings. The van der Waals surface area contributed by atoms with Gasteiger partial charge in [-0.2, -0.15) is 0 Å². The third kappa shape index (κ3) is 7.55. The summed E-state index contributed by atoms with van der Waals surface area (Å²) >= 11 is 0. The average Bonchev–Trinajstić information content (AvgIpc) is 2.78. The van der Waals surface area contributed by atoms with Crippen molar-refractivity contribution in [1.29, 1.82) is 0 Å². The van der Waals surface area contributed by atoms with Crippen molar-refractivity contribution < 1.29 is 22.4 Å². The maximum absolute atomic E-state index is 13.3. The molecule has 2 aromatic carbocycles. The van der Waals surface area contributed by atoms with Gasteiger partial charge >= 0.3 is 0 Å². The second-order valence-corrected chi connectivity index (χ2v) is 10.1. The van der Waals surface area contributed by atoms with E-state index in [2.05, 4.69) is 5.32 Å². The minimum atomic E-state index is -3.62. The largest absolute Gasteiger partial charge is 0.355 e. The van der Waals surface area contributed by atoms with Gasteiger partial charge < -0.3 is 10.2 Å². The van der Waals surface area contributed by atoms with Crippen molar-refractivity contribution in [3.63, 3.8) is 0 Å². The molecule has 1 atom stereocenters. The van der Waals surface area contributed by atoms with E-state index in [4.69, 9.17) is 0 Å². The van der Waals surface area contributed by atoms with E-state index in [1.807, 2.05) is 45.0 Å². The Morgan fingerprint density at radius 3 is 2.26 bits per heavy atom. The minimum absolute atomic E-state index is 0.0619. The van der Waals surface area contributed by atoms with Crippen LogP contribution in [-0.2, 0) is 26.2 Å². The summed E-state index contributed by atoms with van der Waals surface area (Å²) in [5.74, 6) is -0.903. The number of aryl methyl sites for hydroxylation is 1. The Balaban J connectivity index is 2.20. The number of nitrogens with one attached hydrogen (secondary N) is 1. The van der Waals surface area contributed by atoms with E-state index >= 15 is 0 Å². The van der Waals surface area contributed by atoms with Crippen molar-refractivity contribution in [3.8, 4) is 0 Å². The number of sulfonamides is 1. The maximum atomic E-state index is 13.3. The van der Waals surface area contributed by atoms with Gasteiger partial charge in [0.1, 0.15) is 11.9 Å². The molecule has 2 aromatic rings. The first kappa shape index (κ1) is 27.3. The van der Waals surface area contributed by atoms with Crippen LogP contribution in [0.25, 0.3) is 0 Å². The van der Waals surface area contributed by atoms with E-state index in [1.54, 1.807) is 4.90 Å². The lowest BCUT2D eigenvalue weighted by Crippen LogP contribution is -2.49. The lowest BCUT2D eigenvalue weighted by Gasteiger charge is -2.31. The van der Waals surface area contributed by atoms with Crippen LogP contribution in [0.5, 0.6) is 0 Å². The molecule has 2 rings (SSSR count). The van der Waals surface area contributed by atoms with Crippen LogP contribution in [0.15, 0.2) is 48.5 Å². The molecule has 186 valence electrons. The summed E-state index contributed by atoms with van der Waals surface area (Å²) in [6, 6.07) is 12.2. The number of benzene rings is 2. The molecule has 0 fully saturated rings. The predicted molar refractivity (Wildman–Crippen MR) is 132 cm³/mol. The van der Waals surface area contributed by atoms with Crippen LogP contribution in [-0.4, -0.2) is 50.5 Å². The van der Waals surface area contributed by atoms with Crippen LogP contribution < -0.4 is 9.62 Å². The average molecular weight is 492 g/mol. The van der Waals surface area contributed by atoms with Crippen molar-refractivity contribution in [1.82, 2.24) is 10.2 Å². The monoisotopic (exact) mass is 491 g/mol. The van der Waals surface area contributed by atoms with Gasteiger partial charge in [-0.25, -0.2) is 12.8 Å². The first-order chi connectivity index (χ1) is 16.1. The van der Waals surface area contributed by atoms with Gasteiger partial charge in [-0.1, -0.05) is 31.2 Å². The normalized spacial score (nSPS) is 12.1. The van der Waals surface area contributed by atoms with Gasteiger partial charge in [-0.15, -0.1) is 0 Å². The minimum Gasteiger partial charge on any atom is -0.355 e. The summed E-state index contributed by atoms with van der Waals surface area (Å²) in [5.41, 5.74) is 2.30. The van der Waals surface area contributed by atoms with E-state index in [0.717, 1.165) is 21.7 Å². The van der Waals surface area contributed by atoms with Gasteiger partial charge in [0.15, 0.2) is 0 Å². The number of anilines is 1. The number of hydrogen-bond donors (Lipinski definition) is 1. The van der Waals surface area contributed by atoms with Crippen molar-refractivity contribution in [3.05, 3.63) is 65.5 Å². The van der Waals surface area contributed by atoms with Crippen LogP contribution >= 0.6 is 0 Å². The van der Waals surface area contributed by atoms with Crippen LogP contribution in [0.4, 0.5) is 10.1 Å². The zero-order valence-corrected chi connectivity index (χ0v) is 21.1. The number of nitrogens with zero attached hydrogens (tertiary/aromatic N) is 2. The number of hydrogen-bond acceptors (Lipinski definition) is 4. The highest BCUT2D eigenvalue weighted by molar-refractivity contribution is 7.92. The van der Waals surface area contributed by atoms with Gasteiger partial charge in [0.05, 0.1) is 11.9 Å². The topological polar surface area (TPSA) is 86.8 Å². The number of likely N-dealkylation sites (N-methyl/N-ethyl adjacent to an activating group) is 1. The molecule has 2 amide bonds. The highest BCUT2D eigenvalue weighted by Crippen LogP contribution is 2.20. The molecular formula is C25H34FN3O4S. The smallest absolute Gasteiger partial charge is 0.242 e. The first-order valence-electron chi connectivity index (χ1n) is 11.4. The Bertz CT molecular complexity index is 1070. The fourth-order valence-electron chi connectivity index (χ4n) is 3.79. The van der Waals surface area contributed by atoms with Crippen molar-refractivity contribution in [2.24, 2.45) is 0 Å². The molecule has 7 nitrogen and oxygen atoms in total. The number of carbonyl (C=O) groups excluding carboxylic acids is 2. The number of rotatable bonds is 12. The quantitative estimate of drug-likeness (QED) is 0.491. The number of carbonyl (C=O) groups is 2. The van der Waals surface area contributed by atoms with Gasteiger partial charge in [-0.3, -0.25) is 13.9 Å². The van der Waals surface area contributed by atoms with Gasteiger partial charge in [0, 0.05) is 26.1 Å². The van der Waals surface area contributed by atoms with E-state index in [-0.39, 0.29) is 37.7 Å². The predicted octanol–water partition coefficient (Wildman–Crippen LogP) is 3.62. The lowest BCUT2D eigenvalue weighted by molar-refractivity contribution is -0.141. The summed E-state index contributed by atoms with van der Waals surface area (Å²) in [4.78, 5) is 27.6. The summed E-state index contributed by atoms with van der Waals surface area (Å²) in [6.45, 7) is 6.45.